The molecule has 1 amide bonds. The zero-order chi connectivity index (χ0) is 22.1. The maximum atomic E-state index is 12.5. The Morgan fingerprint density at radius 1 is 1.20 bits per heavy atom. The van der Waals surface area contributed by atoms with Crippen molar-refractivity contribution < 1.29 is 27.5 Å². The van der Waals surface area contributed by atoms with Crippen molar-refractivity contribution in [1.82, 2.24) is 15.3 Å². The van der Waals surface area contributed by atoms with E-state index in [9.17, 15) is 22.8 Å². The Labute approximate surface area is 172 Å². The molecular weight excluding hydrogens is 399 g/mol. The van der Waals surface area contributed by atoms with Gasteiger partial charge < -0.3 is 10.1 Å². The van der Waals surface area contributed by atoms with Gasteiger partial charge in [0, 0.05) is 42.6 Å². The number of hydrogen-bond donors (Lipinski definition) is 1. The van der Waals surface area contributed by atoms with Crippen LogP contribution in [-0.2, 0) is 11.2 Å². The summed E-state index contributed by atoms with van der Waals surface area (Å²) in [5.74, 6) is -0.184. The molecule has 1 N–H and O–H groups in total. The summed E-state index contributed by atoms with van der Waals surface area (Å²) in [6.07, 6.45) is -0.993. The topological polar surface area (TPSA) is 81.2 Å². The summed E-state index contributed by atoms with van der Waals surface area (Å²) in [6.45, 7) is 3.17. The minimum Gasteiger partial charge on any atom is -0.477 e. The molecule has 0 spiro atoms. The lowest BCUT2D eigenvalue weighted by atomic mass is 10.1. The smallest absolute Gasteiger partial charge is 0.392 e. The van der Waals surface area contributed by atoms with Crippen LogP contribution in [0.15, 0.2) is 36.7 Å². The van der Waals surface area contributed by atoms with E-state index in [2.05, 4.69) is 15.3 Å². The monoisotopic (exact) mass is 423 g/mol. The zero-order valence-electron chi connectivity index (χ0n) is 16.8. The van der Waals surface area contributed by atoms with Crippen molar-refractivity contribution in [3.05, 3.63) is 53.5 Å². The number of ketones is 1. The molecule has 6 nitrogen and oxygen atoms in total. The lowest BCUT2D eigenvalue weighted by Gasteiger charge is -2.15. The predicted molar refractivity (Wildman–Crippen MR) is 104 cm³/mol. The molecule has 0 bridgehead atoms. The van der Waals surface area contributed by atoms with E-state index in [0.717, 1.165) is 6.42 Å². The number of hydrogen-bond acceptors (Lipinski definition) is 5. The Kier molecular flexibility index (Phi) is 8.32. The van der Waals surface area contributed by atoms with Gasteiger partial charge in [-0.15, -0.1) is 0 Å². The van der Waals surface area contributed by atoms with Gasteiger partial charge >= 0.3 is 6.18 Å². The number of carbonyl (C=O) groups is 2. The summed E-state index contributed by atoms with van der Waals surface area (Å²) in [7, 11) is 0. The van der Waals surface area contributed by atoms with Crippen molar-refractivity contribution >= 4 is 11.7 Å². The van der Waals surface area contributed by atoms with E-state index in [1.807, 2.05) is 6.92 Å². The maximum absolute atomic E-state index is 12.5. The van der Waals surface area contributed by atoms with Gasteiger partial charge in [0.2, 0.25) is 5.88 Å². The highest BCUT2D eigenvalue weighted by atomic mass is 19.4. The molecule has 2 aromatic rings. The second-order valence-electron chi connectivity index (χ2n) is 6.84. The van der Waals surface area contributed by atoms with Crippen molar-refractivity contribution in [3.63, 3.8) is 0 Å². The number of carbonyl (C=O) groups excluding carboxylic acids is 2. The van der Waals surface area contributed by atoms with Crippen LogP contribution < -0.4 is 10.1 Å². The molecule has 30 heavy (non-hydrogen) atoms. The fourth-order valence-corrected chi connectivity index (χ4v) is 2.65. The molecule has 2 aromatic heterocycles. The molecule has 0 aromatic carbocycles. The van der Waals surface area contributed by atoms with Crippen LogP contribution in [-0.4, -0.2) is 34.4 Å². The third kappa shape index (κ3) is 7.81. The molecule has 2 rings (SSSR count). The number of amides is 1. The number of halogens is 3. The molecule has 0 saturated carbocycles. The van der Waals surface area contributed by atoms with E-state index in [1.165, 1.54) is 18.5 Å². The van der Waals surface area contributed by atoms with Gasteiger partial charge in [0.25, 0.3) is 5.91 Å². The van der Waals surface area contributed by atoms with E-state index < -0.39 is 25.2 Å². The molecular formula is C21H24F3N3O3. The summed E-state index contributed by atoms with van der Waals surface area (Å²) in [5, 5.41) is 2.82. The van der Waals surface area contributed by atoms with Gasteiger partial charge in [-0.05, 0) is 31.0 Å². The molecule has 2 heterocycles. The molecule has 0 aliphatic carbocycles. The summed E-state index contributed by atoms with van der Waals surface area (Å²) in [6, 6.07) is 5.84. The average Bonchev–Trinajstić information content (AvgIpc) is 2.68. The van der Waals surface area contributed by atoms with Crippen molar-refractivity contribution in [3.8, 4) is 5.88 Å². The van der Waals surface area contributed by atoms with Gasteiger partial charge in [-0.25, -0.2) is 4.98 Å². The van der Waals surface area contributed by atoms with Gasteiger partial charge in [-0.1, -0.05) is 13.0 Å². The first-order chi connectivity index (χ1) is 14.2. The van der Waals surface area contributed by atoms with Gasteiger partial charge in [-0.3, -0.25) is 14.6 Å². The number of pyridine rings is 2. The van der Waals surface area contributed by atoms with Gasteiger partial charge in [0.1, 0.15) is 5.78 Å². The van der Waals surface area contributed by atoms with Crippen molar-refractivity contribution in [1.29, 1.82) is 0 Å². The molecule has 162 valence electrons. The maximum Gasteiger partial charge on any atom is 0.392 e. The highest BCUT2D eigenvalue weighted by Gasteiger charge is 2.26. The standard InChI is InChI=1S/C21H24F3N3O3/c1-3-4-18(28)12-17-11-15(7-9-25-17)20(29)27-14(2)16-5-6-19(26-13-16)30-10-8-21(22,23)24/h5-7,9,11,13-14H,3-4,8,10,12H2,1-2H3,(H,27,29). The average molecular weight is 423 g/mol. The number of Topliss-reactive ketones (excluding diaryl/α,β-unsaturated/α-hetero) is 1. The first kappa shape index (κ1) is 23.3. The van der Waals surface area contributed by atoms with Crippen LogP contribution in [0.25, 0.3) is 0 Å². The molecule has 9 heteroatoms. The predicted octanol–water partition coefficient (Wildman–Crippen LogP) is 4.21. The highest BCUT2D eigenvalue weighted by Crippen LogP contribution is 2.20. The molecule has 0 fully saturated rings. The number of rotatable bonds is 10. The number of nitrogens with zero attached hydrogens (tertiary/aromatic N) is 2. The quantitative estimate of drug-likeness (QED) is 0.619. The largest absolute Gasteiger partial charge is 0.477 e. The normalized spacial score (nSPS) is 12.3. The fraction of sp³-hybridized carbons (Fsp3) is 0.429. The number of nitrogens with one attached hydrogen (secondary N) is 1. The number of ether oxygens (including phenoxy) is 1. The Bertz CT molecular complexity index is 855. The van der Waals surface area contributed by atoms with Crippen LogP contribution in [0.1, 0.15) is 60.8 Å². The first-order valence-electron chi connectivity index (χ1n) is 9.61. The van der Waals surface area contributed by atoms with Crippen molar-refractivity contribution in [2.45, 2.75) is 51.7 Å². The molecule has 1 unspecified atom stereocenters. The van der Waals surface area contributed by atoms with E-state index in [4.69, 9.17) is 4.74 Å². The summed E-state index contributed by atoms with van der Waals surface area (Å²) < 4.78 is 41.4. The zero-order valence-corrected chi connectivity index (χ0v) is 16.8. The van der Waals surface area contributed by atoms with Gasteiger partial charge in [0.05, 0.1) is 19.1 Å². The number of alkyl halides is 3. The molecule has 0 radical (unpaired) electrons. The Morgan fingerprint density at radius 3 is 2.60 bits per heavy atom. The van der Waals surface area contributed by atoms with E-state index in [0.29, 0.717) is 23.2 Å². The Hall–Kier alpha value is -2.97. The lowest BCUT2D eigenvalue weighted by molar-refractivity contribution is -0.139. The second-order valence-corrected chi connectivity index (χ2v) is 6.84. The first-order valence-corrected chi connectivity index (χ1v) is 9.61. The molecule has 1 atom stereocenters. The Morgan fingerprint density at radius 2 is 1.97 bits per heavy atom. The highest BCUT2D eigenvalue weighted by molar-refractivity contribution is 5.94. The summed E-state index contributed by atoms with van der Waals surface area (Å²) in [4.78, 5) is 32.4. The minimum absolute atomic E-state index is 0.0690. The number of aromatic nitrogens is 2. The molecule has 0 saturated heterocycles. The van der Waals surface area contributed by atoms with Crippen LogP contribution in [0.2, 0.25) is 0 Å². The van der Waals surface area contributed by atoms with E-state index >= 15 is 0 Å². The van der Waals surface area contributed by atoms with Crippen LogP contribution >= 0.6 is 0 Å². The van der Waals surface area contributed by atoms with Crippen molar-refractivity contribution in [2.75, 3.05) is 6.61 Å². The van der Waals surface area contributed by atoms with Gasteiger partial charge in [-0.2, -0.15) is 13.2 Å². The third-order valence-electron chi connectivity index (χ3n) is 4.23. The Balaban J connectivity index is 1.93. The SMILES string of the molecule is CCCC(=O)Cc1cc(C(=O)NC(C)c2ccc(OCCC(F)(F)F)nc2)ccn1. The summed E-state index contributed by atoms with van der Waals surface area (Å²) >= 11 is 0. The molecule has 0 aliphatic rings. The van der Waals surface area contributed by atoms with Crippen LogP contribution in [0.5, 0.6) is 5.88 Å². The lowest BCUT2D eigenvalue weighted by Crippen LogP contribution is -2.27. The van der Waals surface area contributed by atoms with Crippen LogP contribution in [0.4, 0.5) is 13.2 Å². The van der Waals surface area contributed by atoms with E-state index in [1.54, 1.807) is 25.1 Å². The fourth-order valence-electron chi connectivity index (χ4n) is 2.65. The van der Waals surface area contributed by atoms with E-state index in [-0.39, 0.29) is 24.0 Å². The van der Waals surface area contributed by atoms with Crippen LogP contribution in [0.3, 0.4) is 0 Å². The second kappa shape index (κ2) is 10.7. The van der Waals surface area contributed by atoms with Crippen LogP contribution in [0, 0.1) is 0 Å². The van der Waals surface area contributed by atoms with Gasteiger partial charge in [0.15, 0.2) is 0 Å². The minimum atomic E-state index is -4.28. The third-order valence-corrected chi connectivity index (χ3v) is 4.23. The molecule has 0 aliphatic heterocycles. The summed E-state index contributed by atoms with van der Waals surface area (Å²) in [5.41, 5.74) is 1.59. The van der Waals surface area contributed by atoms with Crippen molar-refractivity contribution in [2.24, 2.45) is 0 Å².